The minimum Gasteiger partial charge on any atom is -0.508 e. The molecule has 0 spiro atoms. The molecule has 138 valence electrons. The Hall–Kier alpha value is -2.69. The highest BCUT2D eigenvalue weighted by Gasteiger charge is 2.33. The zero-order valence-electron chi connectivity index (χ0n) is 15.3. The van der Waals surface area contributed by atoms with Crippen LogP contribution in [0.4, 0.5) is 4.79 Å². The van der Waals surface area contributed by atoms with E-state index in [0.717, 1.165) is 29.7 Å². The summed E-state index contributed by atoms with van der Waals surface area (Å²) in [6.45, 7) is 4.92. The second kappa shape index (κ2) is 8.13. The number of nitrogens with zero attached hydrogens (tertiary/aromatic N) is 1. The molecule has 5 nitrogen and oxygen atoms in total. The van der Waals surface area contributed by atoms with E-state index in [1.807, 2.05) is 55.1 Å². The lowest BCUT2D eigenvalue weighted by atomic mass is 10.2. The van der Waals surface area contributed by atoms with E-state index in [1.54, 1.807) is 12.1 Å². The fraction of sp³-hybridized carbons (Fsp3) is 0.381. The first-order valence-corrected chi connectivity index (χ1v) is 9.06. The number of para-hydroxylation sites is 1. The van der Waals surface area contributed by atoms with Gasteiger partial charge < -0.3 is 20.1 Å². The van der Waals surface area contributed by atoms with Crippen molar-refractivity contribution in [2.45, 2.75) is 45.3 Å². The average molecular weight is 354 g/mol. The molecule has 5 heteroatoms. The van der Waals surface area contributed by atoms with Crippen LogP contribution in [0.5, 0.6) is 11.5 Å². The summed E-state index contributed by atoms with van der Waals surface area (Å²) in [4.78, 5) is 14.6. The molecule has 2 amide bonds. The predicted molar refractivity (Wildman–Crippen MR) is 101 cm³/mol. The van der Waals surface area contributed by atoms with E-state index >= 15 is 0 Å². The van der Waals surface area contributed by atoms with Crippen LogP contribution in [0.15, 0.2) is 48.5 Å². The number of rotatable bonds is 7. The summed E-state index contributed by atoms with van der Waals surface area (Å²) in [5, 5.41) is 12.4. The maximum Gasteiger partial charge on any atom is 0.318 e. The number of hydrogen-bond donors (Lipinski definition) is 2. The highest BCUT2D eigenvalue weighted by Crippen LogP contribution is 2.28. The van der Waals surface area contributed by atoms with Crippen molar-refractivity contribution >= 4 is 6.03 Å². The average Bonchev–Trinajstić information content (AvgIpc) is 3.45. The third-order valence-corrected chi connectivity index (χ3v) is 4.49. The Labute approximate surface area is 154 Å². The second-order valence-electron chi connectivity index (χ2n) is 6.95. The van der Waals surface area contributed by atoms with Crippen LogP contribution < -0.4 is 10.1 Å². The molecule has 0 aromatic heterocycles. The van der Waals surface area contributed by atoms with E-state index in [1.165, 1.54) is 0 Å². The summed E-state index contributed by atoms with van der Waals surface area (Å²) in [5.74, 6) is 1.08. The number of aromatic hydroxyl groups is 1. The number of amides is 2. The SMILES string of the molecule is Cc1ccccc1OC[C@H](C)NC(=O)N(Cc1ccc(O)cc1)C1CC1. The number of hydrogen-bond acceptors (Lipinski definition) is 3. The van der Waals surface area contributed by atoms with Crippen molar-refractivity contribution in [2.24, 2.45) is 0 Å². The molecular weight excluding hydrogens is 328 g/mol. The number of aryl methyl sites for hydroxylation is 1. The van der Waals surface area contributed by atoms with Gasteiger partial charge in [0, 0.05) is 12.6 Å². The Morgan fingerprint density at radius 1 is 1.23 bits per heavy atom. The number of phenols is 1. The first-order valence-electron chi connectivity index (χ1n) is 9.06. The number of urea groups is 1. The van der Waals surface area contributed by atoms with E-state index in [9.17, 15) is 9.90 Å². The van der Waals surface area contributed by atoms with Crippen LogP contribution in [0.1, 0.15) is 30.9 Å². The first kappa shape index (κ1) is 18.1. The van der Waals surface area contributed by atoms with Gasteiger partial charge >= 0.3 is 6.03 Å². The van der Waals surface area contributed by atoms with Gasteiger partial charge in [-0.2, -0.15) is 0 Å². The zero-order valence-corrected chi connectivity index (χ0v) is 15.3. The monoisotopic (exact) mass is 354 g/mol. The van der Waals surface area contributed by atoms with Gasteiger partial charge in [0.05, 0.1) is 6.04 Å². The van der Waals surface area contributed by atoms with E-state index in [-0.39, 0.29) is 17.8 Å². The van der Waals surface area contributed by atoms with Crippen molar-refractivity contribution in [3.63, 3.8) is 0 Å². The number of carbonyl (C=O) groups is 1. The largest absolute Gasteiger partial charge is 0.508 e. The van der Waals surface area contributed by atoms with Crippen LogP contribution >= 0.6 is 0 Å². The topological polar surface area (TPSA) is 61.8 Å². The zero-order chi connectivity index (χ0) is 18.5. The number of phenolic OH excluding ortho intramolecular Hbond substituents is 1. The minimum absolute atomic E-state index is 0.0681. The van der Waals surface area contributed by atoms with Crippen LogP contribution in [0.2, 0.25) is 0 Å². The molecule has 2 N–H and O–H groups in total. The molecule has 0 bridgehead atoms. The molecule has 0 heterocycles. The van der Waals surface area contributed by atoms with Crippen molar-refractivity contribution in [3.8, 4) is 11.5 Å². The van der Waals surface area contributed by atoms with Gasteiger partial charge in [0.25, 0.3) is 0 Å². The Balaban J connectivity index is 1.54. The van der Waals surface area contributed by atoms with Crippen molar-refractivity contribution in [3.05, 3.63) is 59.7 Å². The van der Waals surface area contributed by atoms with Gasteiger partial charge in [-0.15, -0.1) is 0 Å². The second-order valence-corrected chi connectivity index (χ2v) is 6.95. The summed E-state index contributed by atoms with van der Waals surface area (Å²) in [6.07, 6.45) is 2.08. The Morgan fingerprint density at radius 3 is 2.58 bits per heavy atom. The van der Waals surface area contributed by atoms with Crippen molar-refractivity contribution < 1.29 is 14.6 Å². The highest BCUT2D eigenvalue weighted by atomic mass is 16.5. The molecular formula is C21H26N2O3. The van der Waals surface area contributed by atoms with Crippen molar-refractivity contribution in [1.82, 2.24) is 10.2 Å². The summed E-state index contributed by atoms with van der Waals surface area (Å²) in [6, 6.07) is 15.0. The fourth-order valence-corrected chi connectivity index (χ4v) is 2.82. The summed E-state index contributed by atoms with van der Waals surface area (Å²) < 4.78 is 5.83. The van der Waals surface area contributed by atoms with Gasteiger partial charge in [-0.05, 0) is 56.0 Å². The van der Waals surface area contributed by atoms with Crippen LogP contribution in [-0.4, -0.2) is 34.7 Å². The Bertz CT molecular complexity index is 741. The Kier molecular flexibility index (Phi) is 5.66. The van der Waals surface area contributed by atoms with E-state index < -0.39 is 0 Å². The van der Waals surface area contributed by atoms with Crippen LogP contribution in [0.25, 0.3) is 0 Å². The molecule has 1 aliphatic rings. The van der Waals surface area contributed by atoms with E-state index in [2.05, 4.69) is 5.32 Å². The number of ether oxygens (including phenoxy) is 1. The molecule has 2 aromatic rings. The standard InChI is InChI=1S/C21H26N2O3/c1-15-5-3-4-6-20(15)26-14-16(2)22-21(25)23(18-9-10-18)13-17-7-11-19(24)12-8-17/h3-8,11-12,16,18,24H,9-10,13-14H2,1-2H3,(H,22,25)/t16-/m0/s1. The molecule has 1 fully saturated rings. The van der Waals surface area contributed by atoms with Gasteiger partial charge in [-0.1, -0.05) is 30.3 Å². The van der Waals surface area contributed by atoms with Gasteiger partial charge in [0.1, 0.15) is 18.1 Å². The number of nitrogens with one attached hydrogen (secondary N) is 1. The quantitative estimate of drug-likeness (QED) is 0.794. The molecule has 1 aliphatic carbocycles. The maximum atomic E-state index is 12.7. The normalized spacial score (nSPS) is 14.5. The molecule has 3 rings (SSSR count). The molecule has 1 atom stereocenters. The molecule has 1 saturated carbocycles. The molecule has 0 radical (unpaired) electrons. The van der Waals surface area contributed by atoms with Crippen molar-refractivity contribution in [2.75, 3.05) is 6.61 Å². The molecule has 0 aliphatic heterocycles. The van der Waals surface area contributed by atoms with Gasteiger partial charge in [-0.3, -0.25) is 0 Å². The van der Waals surface area contributed by atoms with Gasteiger partial charge in [-0.25, -0.2) is 4.79 Å². The number of benzene rings is 2. The number of carbonyl (C=O) groups excluding carboxylic acids is 1. The molecule has 26 heavy (non-hydrogen) atoms. The summed E-state index contributed by atoms with van der Waals surface area (Å²) in [5.41, 5.74) is 2.09. The fourth-order valence-electron chi connectivity index (χ4n) is 2.82. The highest BCUT2D eigenvalue weighted by molar-refractivity contribution is 5.75. The van der Waals surface area contributed by atoms with Crippen LogP contribution in [0.3, 0.4) is 0 Å². The summed E-state index contributed by atoms with van der Waals surface area (Å²) in [7, 11) is 0. The maximum absolute atomic E-state index is 12.7. The predicted octanol–water partition coefficient (Wildman–Crippen LogP) is 3.84. The van der Waals surface area contributed by atoms with E-state index in [4.69, 9.17) is 4.74 Å². The lowest BCUT2D eigenvalue weighted by Gasteiger charge is -2.25. The first-order chi connectivity index (χ1) is 12.5. The third kappa shape index (κ3) is 4.91. The van der Waals surface area contributed by atoms with Crippen LogP contribution in [0, 0.1) is 6.92 Å². The van der Waals surface area contributed by atoms with E-state index in [0.29, 0.717) is 19.2 Å². The molecule has 2 aromatic carbocycles. The lowest BCUT2D eigenvalue weighted by molar-refractivity contribution is 0.181. The molecule has 0 unspecified atom stereocenters. The van der Waals surface area contributed by atoms with Gasteiger partial charge in [0.15, 0.2) is 0 Å². The summed E-state index contributed by atoms with van der Waals surface area (Å²) >= 11 is 0. The lowest BCUT2D eigenvalue weighted by Crippen LogP contribution is -2.46. The molecule has 0 saturated heterocycles. The minimum atomic E-state index is -0.0943. The smallest absolute Gasteiger partial charge is 0.318 e. The van der Waals surface area contributed by atoms with Gasteiger partial charge in [0.2, 0.25) is 0 Å². The third-order valence-electron chi connectivity index (χ3n) is 4.49. The van der Waals surface area contributed by atoms with Crippen molar-refractivity contribution in [1.29, 1.82) is 0 Å². The Morgan fingerprint density at radius 2 is 1.92 bits per heavy atom. The van der Waals surface area contributed by atoms with Crippen LogP contribution in [-0.2, 0) is 6.54 Å².